The minimum atomic E-state index is 0.611. The van der Waals surface area contributed by atoms with Crippen LogP contribution in [0.25, 0.3) is 0 Å². The zero-order valence-electron chi connectivity index (χ0n) is 4.19. The van der Waals surface area contributed by atoms with Crippen molar-refractivity contribution in [2.24, 2.45) is 5.11 Å². The van der Waals surface area contributed by atoms with Crippen molar-refractivity contribution in [1.29, 1.82) is 5.53 Å². The predicted molar refractivity (Wildman–Crippen MR) is 36.7 cm³/mol. The van der Waals surface area contributed by atoms with Gasteiger partial charge in [0, 0.05) is 29.4 Å². The fourth-order valence-electron chi connectivity index (χ4n) is 0.188. The molecule has 0 saturated heterocycles. The number of rotatable bonds is 3. The molecular formula is C3H8IN3. The van der Waals surface area contributed by atoms with Crippen LogP contribution in [-0.4, -0.2) is 23.3 Å². The maximum absolute atomic E-state index is 6.39. The molecule has 0 bridgehead atoms. The van der Waals surface area contributed by atoms with Crippen molar-refractivity contribution < 1.29 is 0 Å². The minimum Gasteiger partial charge on any atom is -0.249 e. The van der Waals surface area contributed by atoms with Gasteiger partial charge in [-0.15, -0.1) is 0 Å². The average Bonchev–Trinajstić information content (AvgIpc) is 1.61. The molecule has 0 aliphatic carbocycles. The summed E-state index contributed by atoms with van der Waals surface area (Å²) in [5, 5.41) is 3.18. The fourth-order valence-corrected chi connectivity index (χ4v) is 0.404. The lowest BCUT2D eigenvalue weighted by Gasteiger charge is -2.00. The molecular weight excluding hydrogens is 205 g/mol. The van der Waals surface area contributed by atoms with Gasteiger partial charge >= 0.3 is 0 Å². The Morgan fingerprint density at radius 3 is 2.57 bits per heavy atom. The Hall–Kier alpha value is 0.290. The summed E-state index contributed by atoms with van der Waals surface area (Å²) in [6, 6.07) is 0. The highest BCUT2D eigenvalue weighted by molar-refractivity contribution is 14.1. The summed E-state index contributed by atoms with van der Waals surface area (Å²) < 4.78 is 1.97. The molecule has 0 aromatic heterocycles. The third-order valence-electron chi connectivity index (χ3n) is 0.520. The highest BCUT2D eigenvalue weighted by Gasteiger charge is 1.85. The summed E-state index contributed by atoms with van der Waals surface area (Å²) in [7, 11) is 1.95. The Morgan fingerprint density at radius 2 is 2.43 bits per heavy atom. The number of halogens is 1. The van der Waals surface area contributed by atoms with Crippen molar-refractivity contribution in [1.82, 2.24) is 3.11 Å². The van der Waals surface area contributed by atoms with Crippen molar-refractivity contribution in [3.8, 4) is 0 Å². The van der Waals surface area contributed by atoms with Crippen LogP contribution in [0.5, 0.6) is 0 Å². The highest BCUT2D eigenvalue weighted by Crippen LogP contribution is 1.89. The highest BCUT2D eigenvalue weighted by atomic mass is 127. The molecule has 0 aliphatic heterocycles. The second kappa shape index (κ2) is 4.45. The van der Waals surface area contributed by atoms with Gasteiger partial charge in [0.05, 0.1) is 6.54 Å². The molecule has 0 atom stereocenters. The van der Waals surface area contributed by atoms with Crippen LogP contribution in [0, 0.1) is 5.53 Å². The third-order valence-corrected chi connectivity index (χ3v) is 1.00. The summed E-state index contributed by atoms with van der Waals surface area (Å²) in [6.07, 6.45) is 0. The summed E-state index contributed by atoms with van der Waals surface area (Å²) in [4.78, 5) is 0. The van der Waals surface area contributed by atoms with E-state index in [1.165, 1.54) is 0 Å². The van der Waals surface area contributed by atoms with Crippen LogP contribution in [-0.2, 0) is 0 Å². The number of hydrogen-bond donors (Lipinski definition) is 1. The van der Waals surface area contributed by atoms with Gasteiger partial charge in [0.15, 0.2) is 0 Å². The van der Waals surface area contributed by atoms with E-state index in [4.69, 9.17) is 5.53 Å². The molecule has 1 N–H and O–H groups in total. The van der Waals surface area contributed by atoms with E-state index >= 15 is 0 Å². The lowest BCUT2D eigenvalue weighted by atomic mass is 10.7. The number of likely N-dealkylation sites (N-methyl/N-ethyl adjacent to an activating group) is 1. The normalized spacial score (nSPS) is 9.57. The van der Waals surface area contributed by atoms with Gasteiger partial charge in [0.25, 0.3) is 0 Å². The summed E-state index contributed by atoms with van der Waals surface area (Å²) in [5.41, 5.74) is 6.39. The Morgan fingerprint density at radius 1 is 1.86 bits per heavy atom. The van der Waals surface area contributed by atoms with Gasteiger partial charge in [0.1, 0.15) is 0 Å². The molecule has 0 radical (unpaired) electrons. The van der Waals surface area contributed by atoms with Crippen molar-refractivity contribution in [2.45, 2.75) is 0 Å². The molecule has 4 heteroatoms. The third kappa shape index (κ3) is 6.29. The second-order valence-electron chi connectivity index (χ2n) is 1.21. The minimum absolute atomic E-state index is 0.611. The second-order valence-corrected chi connectivity index (χ2v) is 2.86. The molecule has 0 aromatic carbocycles. The van der Waals surface area contributed by atoms with Crippen molar-refractivity contribution >= 4 is 22.9 Å². The first-order valence-corrected chi connectivity index (χ1v) is 2.94. The maximum atomic E-state index is 6.39. The van der Waals surface area contributed by atoms with Gasteiger partial charge < -0.3 is 0 Å². The van der Waals surface area contributed by atoms with Crippen molar-refractivity contribution in [3.05, 3.63) is 0 Å². The van der Waals surface area contributed by atoms with Gasteiger partial charge in [-0.25, -0.2) is 8.64 Å². The monoisotopic (exact) mass is 213 g/mol. The Labute approximate surface area is 57.1 Å². The van der Waals surface area contributed by atoms with E-state index in [0.29, 0.717) is 6.54 Å². The van der Waals surface area contributed by atoms with Crippen LogP contribution >= 0.6 is 22.9 Å². The first-order valence-electron chi connectivity index (χ1n) is 1.97. The molecule has 0 heterocycles. The van der Waals surface area contributed by atoms with E-state index < -0.39 is 0 Å². The molecule has 42 valence electrons. The molecule has 0 amide bonds. The van der Waals surface area contributed by atoms with E-state index in [9.17, 15) is 0 Å². The Bertz CT molecular complexity index is 54.1. The quantitative estimate of drug-likeness (QED) is 0.428. The zero-order valence-corrected chi connectivity index (χ0v) is 6.34. The van der Waals surface area contributed by atoms with Gasteiger partial charge in [0.2, 0.25) is 0 Å². The lowest BCUT2D eigenvalue weighted by molar-refractivity contribution is 0.607. The van der Waals surface area contributed by atoms with E-state index in [1.54, 1.807) is 0 Å². The summed E-state index contributed by atoms with van der Waals surface area (Å²) >= 11 is 2.16. The average molecular weight is 213 g/mol. The molecule has 7 heavy (non-hydrogen) atoms. The van der Waals surface area contributed by atoms with Crippen molar-refractivity contribution in [2.75, 3.05) is 20.1 Å². The lowest BCUT2D eigenvalue weighted by Crippen LogP contribution is -2.07. The maximum Gasteiger partial charge on any atom is 0.0731 e. The SMILES string of the molecule is CN(I)CCN=N. The zero-order chi connectivity index (χ0) is 5.70. The molecule has 0 aromatic rings. The topological polar surface area (TPSA) is 39.5 Å². The first-order chi connectivity index (χ1) is 3.27. The van der Waals surface area contributed by atoms with Gasteiger partial charge in [-0.05, 0) is 7.05 Å². The van der Waals surface area contributed by atoms with E-state index in [2.05, 4.69) is 28.0 Å². The Balaban J connectivity index is 2.81. The number of nitrogens with one attached hydrogen (secondary N) is 1. The van der Waals surface area contributed by atoms with Crippen molar-refractivity contribution in [3.63, 3.8) is 0 Å². The van der Waals surface area contributed by atoms with E-state index in [0.717, 1.165) is 6.54 Å². The van der Waals surface area contributed by atoms with Crippen LogP contribution in [0.4, 0.5) is 0 Å². The number of hydrogen-bond acceptors (Lipinski definition) is 3. The predicted octanol–water partition coefficient (Wildman–Crippen LogP) is 1.30. The summed E-state index contributed by atoms with van der Waals surface area (Å²) in [5.74, 6) is 0. The standard InChI is InChI=1S/C3H8IN3/c1-7(4)3-2-6-5/h5H,2-3H2,1H3. The molecule has 0 rings (SSSR count). The van der Waals surface area contributed by atoms with Crippen LogP contribution in [0.2, 0.25) is 0 Å². The van der Waals surface area contributed by atoms with E-state index in [1.807, 2.05) is 10.2 Å². The van der Waals surface area contributed by atoms with Gasteiger partial charge in [-0.3, -0.25) is 0 Å². The first kappa shape index (κ1) is 7.29. The fraction of sp³-hybridized carbons (Fsp3) is 1.00. The molecule has 0 aliphatic rings. The summed E-state index contributed by atoms with van der Waals surface area (Å²) in [6.45, 7) is 1.48. The smallest absolute Gasteiger partial charge is 0.0731 e. The molecule has 3 nitrogen and oxygen atoms in total. The van der Waals surface area contributed by atoms with Crippen LogP contribution in [0.15, 0.2) is 5.11 Å². The Kier molecular flexibility index (Phi) is 4.63. The number of nitrogens with zero attached hydrogens (tertiary/aromatic N) is 2. The largest absolute Gasteiger partial charge is 0.249 e. The molecule has 0 unspecified atom stereocenters. The van der Waals surface area contributed by atoms with Gasteiger partial charge in [-0.1, -0.05) is 0 Å². The molecule has 0 fully saturated rings. The van der Waals surface area contributed by atoms with E-state index in [-0.39, 0.29) is 0 Å². The molecule has 0 saturated carbocycles. The van der Waals surface area contributed by atoms with Gasteiger partial charge in [-0.2, -0.15) is 5.11 Å². The van der Waals surface area contributed by atoms with Crippen LogP contribution in [0.1, 0.15) is 0 Å². The van der Waals surface area contributed by atoms with Crippen LogP contribution < -0.4 is 0 Å². The molecule has 0 spiro atoms. The van der Waals surface area contributed by atoms with Crippen LogP contribution in [0.3, 0.4) is 0 Å².